The van der Waals surface area contributed by atoms with Crippen LogP contribution in [0.25, 0.3) is 0 Å². The Labute approximate surface area is 80.9 Å². The topological polar surface area (TPSA) is 30.3 Å². The smallest absolute Gasteiger partial charge is 0.0669 e. The van der Waals surface area contributed by atoms with Gasteiger partial charge in [0, 0.05) is 32.7 Å². The van der Waals surface area contributed by atoms with Crippen molar-refractivity contribution in [1.29, 1.82) is 5.26 Å². The average molecular weight is 181 g/mol. The second kappa shape index (κ2) is 5.21. The first-order valence-corrected chi connectivity index (χ1v) is 5.06. The third kappa shape index (κ3) is 3.33. The van der Waals surface area contributed by atoms with Crippen molar-refractivity contribution in [3.8, 4) is 6.07 Å². The standard InChI is InChI=1S/C10H19N3/c1-3-10(8-11)9-13-6-4-12(2)5-7-13/h10H,3-7,9H2,1-2H3. The summed E-state index contributed by atoms with van der Waals surface area (Å²) in [7, 11) is 2.15. The largest absolute Gasteiger partial charge is 0.304 e. The third-order valence-electron chi connectivity index (χ3n) is 2.75. The molecule has 1 aliphatic heterocycles. The molecule has 3 heteroatoms. The van der Waals surface area contributed by atoms with Gasteiger partial charge in [0.05, 0.1) is 12.0 Å². The highest BCUT2D eigenvalue weighted by atomic mass is 15.2. The average Bonchev–Trinajstić information content (AvgIpc) is 2.17. The number of rotatable bonds is 3. The van der Waals surface area contributed by atoms with Crippen molar-refractivity contribution in [3.05, 3.63) is 0 Å². The Morgan fingerprint density at radius 2 is 1.92 bits per heavy atom. The van der Waals surface area contributed by atoms with Crippen molar-refractivity contribution in [2.24, 2.45) is 5.92 Å². The van der Waals surface area contributed by atoms with Gasteiger partial charge in [0.1, 0.15) is 0 Å². The maximum absolute atomic E-state index is 8.82. The van der Waals surface area contributed by atoms with Crippen molar-refractivity contribution >= 4 is 0 Å². The summed E-state index contributed by atoms with van der Waals surface area (Å²) in [4.78, 5) is 4.74. The van der Waals surface area contributed by atoms with Crippen LogP contribution in [-0.4, -0.2) is 49.6 Å². The van der Waals surface area contributed by atoms with Gasteiger partial charge in [-0.2, -0.15) is 5.26 Å². The van der Waals surface area contributed by atoms with Crippen LogP contribution in [0.3, 0.4) is 0 Å². The Morgan fingerprint density at radius 1 is 1.31 bits per heavy atom. The van der Waals surface area contributed by atoms with E-state index in [1.165, 1.54) is 0 Å². The van der Waals surface area contributed by atoms with Crippen molar-refractivity contribution < 1.29 is 0 Å². The molecule has 1 unspecified atom stereocenters. The van der Waals surface area contributed by atoms with E-state index in [2.05, 4.69) is 29.8 Å². The van der Waals surface area contributed by atoms with Crippen molar-refractivity contribution in [1.82, 2.24) is 9.80 Å². The number of hydrogen-bond donors (Lipinski definition) is 0. The van der Waals surface area contributed by atoms with Crippen molar-refractivity contribution in [2.45, 2.75) is 13.3 Å². The molecule has 1 saturated heterocycles. The summed E-state index contributed by atoms with van der Waals surface area (Å²) < 4.78 is 0. The maximum atomic E-state index is 8.82. The van der Waals surface area contributed by atoms with E-state index in [0.29, 0.717) is 0 Å². The SMILES string of the molecule is CCC(C#N)CN1CCN(C)CC1. The summed E-state index contributed by atoms with van der Waals surface area (Å²) in [5.41, 5.74) is 0. The quantitative estimate of drug-likeness (QED) is 0.644. The van der Waals surface area contributed by atoms with E-state index < -0.39 is 0 Å². The van der Waals surface area contributed by atoms with Gasteiger partial charge in [-0.25, -0.2) is 0 Å². The van der Waals surface area contributed by atoms with E-state index in [9.17, 15) is 0 Å². The molecule has 0 aliphatic carbocycles. The summed E-state index contributed by atoms with van der Waals surface area (Å²) in [6.45, 7) is 7.57. The van der Waals surface area contributed by atoms with E-state index >= 15 is 0 Å². The summed E-state index contributed by atoms with van der Waals surface area (Å²) >= 11 is 0. The number of nitriles is 1. The Hall–Kier alpha value is -0.590. The van der Waals surface area contributed by atoms with Gasteiger partial charge in [-0.3, -0.25) is 4.90 Å². The molecule has 0 spiro atoms. The molecule has 1 fully saturated rings. The number of likely N-dealkylation sites (N-methyl/N-ethyl adjacent to an activating group) is 1. The fourth-order valence-electron chi connectivity index (χ4n) is 1.60. The number of nitrogens with zero attached hydrogens (tertiary/aromatic N) is 3. The van der Waals surface area contributed by atoms with Crippen LogP contribution < -0.4 is 0 Å². The van der Waals surface area contributed by atoms with Crippen LogP contribution in [0.4, 0.5) is 0 Å². The molecule has 1 heterocycles. The Bertz CT molecular complexity index is 177. The second-order valence-electron chi connectivity index (χ2n) is 3.84. The fourth-order valence-corrected chi connectivity index (χ4v) is 1.60. The highest BCUT2D eigenvalue weighted by Gasteiger charge is 2.16. The van der Waals surface area contributed by atoms with Gasteiger partial charge in [-0.15, -0.1) is 0 Å². The van der Waals surface area contributed by atoms with Crippen LogP contribution in [0, 0.1) is 17.2 Å². The molecular formula is C10H19N3. The van der Waals surface area contributed by atoms with Gasteiger partial charge in [-0.1, -0.05) is 6.92 Å². The Morgan fingerprint density at radius 3 is 2.38 bits per heavy atom. The van der Waals surface area contributed by atoms with Gasteiger partial charge in [0.15, 0.2) is 0 Å². The molecule has 13 heavy (non-hydrogen) atoms. The number of hydrogen-bond acceptors (Lipinski definition) is 3. The van der Waals surface area contributed by atoms with E-state index in [-0.39, 0.29) is 5.92 Å². The van der Waals surface area contributed by atoms with E-state index in [4.69, 9.17) is 5.26 Å². The van der Waals surface area contributed by atoms with Gasteiger partial charge in [-0.05, 0) is 13.5 Å². The molecule has 1 rings (SSSR count). The highest BCUT2D eigenvalue weighted by molar-refractivity contribution is 4.85. The summed E-state index contributed by atoms with van der Waals surface area (Å²) in [5.74, 6) is 0.225. The molecule has 0 aromatic rings. The van der Waals surface area contributed by atoms with E-state index in [1.807, 2.05) is 0 Å². The first-order valence-electron chi connectivity index (χ1n) is 5.06. The minimum Gasteiger partial charge on any atom is -0.304 e. The zero-order valence-corrected chi connectivity index (χ0v) is 8.66. The Kier molecular flexibility index (Phi) is 4.20. The van der Waals surface area contributed by atoms with Gasteiger partial charge in [0.25, 0.3) is 0 Å². The van der Waals surface area contributed by atoms with Gasteiger partial charge in [0.2, 0.25) is 0 Å². The molecule has 74 valence electrons. The van der Waals surface area contributed by atoms with Crippen LogP contribution in [0.1, 0.15) is 13.3 Å². The summed E-state index contributed by atoms with van der Waals surface area (Å²) in [6, 6.07) is 2.35. The molecule has 0 aromatic carbocycles. The van der Waals surface area contributed by atoms with Gasteiger partial charge >= 0.3 is 0 Å². The summed E-state index contributed by atoms with van der Waals surface area (Å²) in [6.07, 6.45) is 0.975. The van der Waals surface area contributed by atoms with Crippen LogP contribution in [0.5, 0.6) is 0 Å². The van der Waals surface area contributed by atoms with Crippen LogP contribution in [-0.2, 0) is 0 Å². The molecule has 0 bridgehead atoms. The second-order valence-corrected chi connectivity index (χ2v) is 3.84. The summed E-state index contributed by atoms with van der Waals surface area (Å²) in [5, 5.41) is 8.82. The van der Waals surface area contributed by atoms with Crippen molar-refractivity contribution in [2.75, 3.05) is 39.8 Å². The molecule has 1 aliphatic rings. The monoisotopic (exact) mass is 181 g/mol. The van der Waals surface area contributed by atoms with Crippen LogP contribution in [0.15, 0.2) is 0 Å². The lowest BCUT2D eigenvalue weighted by Gasteiger charge is -2.33. The van der Waals surface area contributed by atoms with Crippen LogP contribution >= 0.6 is 0 Å². The molecule has 0 N–H and O–H groups in total. The van der Waals surface area contributed by atoms with Gasteiger partial charge < -0.3 is 4.90 Å². The Balaban J connectivity index is 2.26. The first-order chi connectivity index (χ1) is 6.26. The zero-order valence-electron chi connectivity index (χ0n) is 8.66. The molecule has 0 saturated carbocycles. The lowest BCUT2D eigenvalue weighted by molar-refractivity contribution is 0.143. The first kappa shape index (κ1) is 10.5. The molecule has 0 aromatic heterocycles. The third-order valence-corrected chi connectivity index (χ3v) is 2.75. The normalized spacial score (nSPS) is 22.5. The highest BCUT2D eigenvalue weighted by Crippen LogP contribution is 2.06. The van der Waals surface area contributed by atoms with Crippen molar-refractivity contribution in [3.63, 3.8) is 0 Å². The predicted molar refractivity (Wildman–Crippen MR) is 53.3 cm³/mol. The molecule has 0 amide bonds. The lowest BCUT2D eigenvalue weighted by atomic mass is 10.1. The molecular weight excluding hydrogens is 162 g/mol. The molecule has 1 atom stereocenters. The minimum atomic E-state index is 0.225. The minimum absolute atomic E-state index is 0.225. The number of piperazine rings is 1. The van der Waals surface area contributed by atoms with Crippen LogP contribution in [0.2, 0.25) is 0 Å². The lowest BCUT2D eigenvalue weighted by Crippen LogP contribution is -2.45. The zero-order chi connectivity index (χ0) is 9.68. The predicted octanol–water partition coefficient (Wildman–Crippen LogP) is 0.784. The molecule has 3 nitrogen and oxygen atoms in total. The van der Waals surface area contributed by atoms with E-state index in [0.717, 1.165) is 39.1 Å². The molecule has 0 radical (unpaired) electrons. The fraction of sp³-hybridized carbons (Fsp3) is 0.900. The maximum Gasteiger partial charge on any atom is 0.0669 e. The van der Waals surface area contributed by atoms with E-state index in [1.54, 1.807) is 0 Å².